The summed E-state index contributed by atoms with van der Waals surface area (Å²) in [6.45, 7) is 3.03. The average molecular weight is 358 g/mol. The molecule has 0 bridgehead atoms. The maximum absolute atomic E-state index is 13.6. The molecule has 1 atom stereocenters. The van der Waals surface area contributed by atoms with Crippen LogP contribution < -0.4 is 4.90 Å². The van der Waals surface area contributed by atoms with Crippen LogP contribution in [0.5, 0.6) is 0 Å². The van der Waals surface area contributed by atoms with Crippen LogP contribution in [0, 0.1) is 5.82 Å². The Morgan fingerprint density at radius 2 is 2.23 bits per heavy atom. The van der Waals surface area contributed by atoms with E-state index in [2.05, 4.69) is 9.88 Å². The Labute approximate surface area is 152 Å². The molecule has 3 heterocycles. The number of likely N-dealkylation sites (tertiary alicyclic amines) is 1. The van der Waals surface area contributed by atoms with Gasteiger partial charge in [0, 0.05) is 32.0 Å². The summed E-state index contributed by atoms with van der Waals surface area (Å²) in [4.78, 5) is 20.6. The van der Waals surface area contributed by atoms with Gasteiger partial charge in [-0.1, -0.05) is 6.07 Å². The van der Waals surface area contributed by atoms with Gasteiger partial charge in [-0.05, 0) is 37.6 Å². The van der Waals surface area contributed by atoms with Crippen molar-refractivity contribution in [3.8, 4) is 0 Å². The number of ether oxygens (including phenoxy) is 1. The van der Waals surface area contributed by atoms with Crippen LogP contribution in [0.1, 0.15) is 18.5 Å². The summed E-state index contributed by atoms with van der Waals surface area (Å²) in [7, 11) is 1.99. The number of halogens is 1. The summed E-state index contributed by atoms with van der Waals surface area (Å²) in [5.74, 6) is -0.456. The summed E-state index contributed by atoms with van der Waals surface area (Å²) < 4.78 is 21.7. The molecule has 1 spiro atoms. The van der Waals surface area contributed by atoms with Gasteiger partial charge in [0.15, 0.2) is 0 Å². The molecule has 1 unspecified atom stereocenters. The average Bonchev–Trinajstić information content (AvgIpc) is 3.02. The predicted octanol–water partition coefficient (Wildman–Crippen LogP) is 1.96. The number of nitrogens with zero attached hydrogens (tertiary/aromatic N) is 4. The lowest BCUT2D eigenvalue weighted by Gasteiger charge is -2.47. The summed E-state index contributed by atoms with van der Waals surface area (Å²) >= 11 is 0. The van der Waals surface area contributed by atoms with Gasteiger partial charge in [-0.25, -0.2) is 9.37 Å². The molecule has 4 rings (SSSR count). The van der Waals surface area contributed by atoms with Gasteiger partial charge < -0.3 is 14.2 Å². The zero-order chi connectivity index (χ0) is 18.1. The molecule has 1 aromatic heterocycles. The van der Waals surface area contributed by atoms with Gasteiger partial charge in [0.1, 0.15) is 12.4 Å². The first-order valence-electron chi connectivity index (χ1n) is 8.92. The number of morpholine rings is 1. The highest BCUT2D eigenvalue weighted by atomic mass is 19.1. The molecule has 2 aromatic rings. The number of hydrogen-bond acceptors (Lipinski definition) is 4. The molecule has 0 aliphatic carbocycles. The van der Waals surface area contributed by atoms with Crippen LogP contribution >= 0.6 is 0 Å². The van der Waals surface area contributed by atoms with Gasteiger partial charge in [-0.15, -0.1) is 0 Å². The van der Waals surface area contributed by atoms with Crippen molar-refractivity contribution in [1.29, 1.82) is 0 Å². The van der Waals surface area contributed by atoms with E-state index in [1.165, 1.54) is 12.1 Å². The van der Waals surface area contributed by atoms with Gasteiger partial charge in [0.25, 0.3) is 5.91 Å². The third kappa shape index (κ3) is 3.37. The van der Waals surface area contributed by atoms with E-state index in [1.54, 1.807) is 23.4 Å². The summed E-state index contributed by atoms with van der Waals surface area (Å²) in [6, 6.07) is 6.21. The molecule has 138 valence electrons. The Morgan fingerprint density at radius 3 is 3.00 bits per heavy atom. The minimum Gasteiger partial charge on any atom is -0.362 e. The zero-order valence-corrected chi connectivity index (χ0v) is 14.9. The number of rotatable bonds is 3. The van der Waals surface area contributed by atoms with Crippen molar-refractivity contribution in [3.05, 3.63) is 48.3 Å². The summed E-state index contributed by atoms with van der Waals surface area (Å²) in [5, 5.41) is 0. The topological polar surface area (TPSA) is 50.6 Å². The highest BCUT2D eigenvalue weighted by Crippen LogP contribution is 2.32. The molecule has 1 aromatic carbocycles. The zero-order valence-electron chi connectivity index (χ0n) is 14.9. The van der Waals surface area contributed by atoms with Crippen molar-refractivity contribution < 1.29 is 13.9 Å². The van der Waals surface area contributed by atoms with Crippen LogP contribution in [0.3, 0.4) is 0 Å². The highest BCUT2D eigenvalue weighted by molar-refractivity contribution is 5.95. The molecule has 0 saturated carbocycles. The van der Waals surface area contributed by atoms with E-state index in [0.29, 0.717) is 12.2 Å². The SMILES string of the molecule is Cn1cncc1CN1CCCC2(C1)CN(c1cccc(F)c1)C(=O)CO2. The monoisotopic (exact) mass is 358 g/mol. The van der Waals surface area contributed by atoms with Crippen molar-refractivity contribution in [2.24, 2.45) is 7.05 Å². The minimum atomic E-state index is -0.406. The van der Waals surface area contributed by atoms with E-state index in [4.69, 9.17) is 4.74 Å². The van der Waals surface area contributed by atoms with Crippen LogP contribution in [0.15, 0.2) is 36.8 Å². The molecular formula is C19H23FN4O2. The number of imidazole rings is 1. The van der Waals surface area contributed by atoms with Crippen molar-refractivity contribution in [1.82, 2.24) is 14.5 Å². The van der Waals surface area contributed by atoms with E-state index in [9.17, 15) is 9.18 Å². The second kappa shape index (κ2) is 6.81. The van der Waals surface area contributed by atoms with Crippen molar-refractivity contribution >= 4 is 11.6 Å². The number of anilines is 1. The normalized spacial score (nSPS) is 24.4. The molecule has 7 heteroatoms. The van der Waals surface area contributed by atoms with Crippen molar-refractivity contribution in [3.63, 3.8) is 0 Å². The lowest BCUT2D eigenvalue weighted by molar-refractivity contribution is -0.146. The Balaban J connectivity index is 1.52. The van der Waals surface area contributed by atoms with Gasteiger partial charge in [0.2, 0.25) is 0 Å². The lowest BCUT2D eigenvalue weighted by atomic mass is 9.90. The molecule has 0 N–H and O–H groups in total. The van der Waals surface area contributed by atoms with E-state index < -0.39 is 5.60 Å². The number of benzene rings is 1. The van der Waals surface area contributed by atoms with E-state index in [1.807, 2.05) is 17.8 Å². The first kappa shape index (κ1) is 17.2. The Morgan fingerprint density at radius 1 is 1.35 bits per heavy atom. The summed E-state index contributed by atoms with van der Waals surface area (Å²) in [6.07, 6.45) is 5.58. The van der Waals surface area contributed by atoms with Gasteiger partial charge in [-0.3, -0.25) is 9.69 Å². The second-order valence-corrected chi connectivity index (χ2v) is 7.24. The van der Waals surface area contributed by atoms with E-state index >= 15 is 0 Å². The van der Waals surface area contributed by atoms with Crippen molar-refractivity contribution in [2.45, 2.75) is 25.0 Å². The first-order chi connectivity index (χ1) is 12.5. The highest BCUT2D eigenvalue weighted by Gasteiger charge is 2.43. The largest absolute Gasteiger partial charge is 0.362 e. The van der Waals surface area contributed by atoms with Gasteiger partial charge >= 0.3 is 0 Å². The quantitative estimate of drug-likeness (QED) is 0.842. The number of amides is 1. The molecule has 0 radical (unpaired) electrons. The number of aryl methyl sites for hydroxylation is 1. The number of hydrogen-bond donors (Lipinski definition) is 0. The Kier molecular flexibility index (Phi) is 4.50. The predicted molar refractivity (Wildman–Crippen MR) is 95.2 cm³/mol. The minimum absolute atomic E-state index is 0.0378. The van der Waals surface area contributed by atoms with Crippen LogP contribution in [0.25, 0.3) is 0 Å². The van der Waals surface area contributed by atoms with Gasteiger partial charge in [-0.2, -0.15) is 0 Å². The summed E-state index contributed by atoms with van der Waals surface area (Å²) in [5.41, 5.74) is 1.34. The van der Waals surface area contributed by atoms with Gasteiger partial charge in [0.05, 0.1) is 24.2 Å². The van der Waals surface area contributed by atoms with Crippen LogP contribution in [-0.4, -0.2) is 52.2 Å². The third-order valence-corrected chi connectivity index (χ3v) is 5.29. The second-order valence-electron chi connectivity index (χ2n) is 7.24. The van der Waals surface area contributed by atoms with Crippen LogP contribution in [0.4, 0.5) is 10.1 Å². The smallest absolute Gasteiger partial charge is 0.253 e. The molecule has 2 aliphatic rings. The Bertz CT molecular complexity index is 808. The number of carbonyl (C=O) groups is 1. The fraction of sp³-hybridized carbons (Fsp3) is 0.474. The number of piperidine rings is 1. The molecular weight excluding hydrogens is 335 g/mol. The molecule has 26 heavy (non-hydrogen) atoms. The molecule has 2 saturated heterocycles. The Hall–Kier alpha value is -2.25. The lowest BCUT2D eigenvalue weighted by Crippen LogP contribution is -2.61. The third-order valence-electron chi connectivity index (χ3n) is 5.29. The molecule has 6 nitrogen and oxygen atoms in total. The number of aromatic nitrogens is 2. The maximum Gasteiger partial charge on any atom is 0.253 e. The molecule has 2 aliphatic heterocycles. The maximum atomic E-state index is 13.6. The van der Waals surface area contributed by atoms with Crippen LogP contribution in [-0.2, 0) is 23.1 Å². The fourth-order valence-corrected chi connectivity index (χ4v) is 3.93. The van der Waals surface area contributed by atoms with E-state index in [0.717, 1.165) is 38.2 Å². The standard InChI is InChI=1S/C19H23FN4O2/c1-22-14-21-9-17(22)10-23-7-3-6-19(12-23)13-24(18(25)11-26-19)16-5-2-4-15(20)8-16/h2,4-5,8-9,14H,3,6-7,10-13H2,1H3. The fourth-order valence-electron chi connectivity index (χ4n) is 3.93. The number of carbonyl (C=O) groups excluding carboxylic acids is 1. The van der Waals surface area contributed by atoms with E-state index in [-0.39, 0.29) is 18.3 Å². The molecule has 2 fully saturated rings. The molecule has 1 amide bonds. The first-order valence-corrected chi connectivity index (χ1v) is 8.92. The van der Waals surface area contributed by atoms with Crippen LogP contribution in [0.2, 0.25) is 0 Å². The van der Waals surface area contributed by atoms with Crippen molar-refractivity contribution in [2.75, 3.05) is 31.1 Å².